The third-order valence-corrected chi connectivity index (χ3v) is 4.97. The SMILES string of the molecule is O=C(NCCCC(=O)N(Cc1ccccc1)C1CC1)c1cccs1. The minimum atomic E-state index is -0.0548. The van der Waals surface area contributed by atoms with Crippen molar-refractivity contribution in [3.63, 3.8) is 0 Å². The number of nitrogens with zero attached hydrogens (tertiary/aromatic N) is 1. The van der Waals surface area contributed by atoms with Gasteiger partial charge in [-0.15, -0.1) is 11.3 Å². The molecule has 5 heteroatoms. The van der Waals surface area contributed by atoms with Crippen molar-refractivity contribution in [2.45, 2.75) is 38.3 Å². The third kappa shape index (κ3) is 4.68. The first-order valence-corrected chi connectivity index (χ1v) is 9.27. The Morgan fingerprint density at radius 2 is 1.92 bits per heavy atom. The molecule has 1 aromatic heterocycles. The Kier molecular flexibility index (Phi) is 5.64. The summed E-state index contributed by atoms with van der Waals surface area (Å²) in [5.41, 5.74) is 1.17. The smallest absolute Gasteiger partial charge is 0.261 e. The molecular weight excluding hydrogens is 320 g/mol. The molecule has 0 unspecified atom stereocenters. The fourth-order valence-electron chi connectivity index (χ4n) is 2.67. The van der Waals surface area contributed by atoms with E-state index in [9.17, 15) is 9.59 Å². The number of rotatable bonds is 8. The predicted molar refractivity (Wildman–Crippen MR) is 95.9 cm³/mol. The lowest BCUT2D eigenvalue weighted by Crippen LogP contribution is -2.33. The van der Waals surface area contributed by atoms with E-state index in [1.54, 1.807) is 6.07 Å². The van der Waals surface area contributed by atoms with Crippen molar-refractivity contribution in [2.75, 3.05) is 6.54 Å². The molecule has 3 rings (SSSR count). The molecule has 2 aromatic rings. The summed E-state index contributed by atoms with van der Waals surface area (Å²) in [4.78, 5) is 27.1. The van der Waals surface area contributed by atoms with Crippen molar-refractivity contribution < 1.29 is 9.59 Å². The number of hydrogen-bond donors (Lipinski definition) is 1. The van der Waals surface area contributed by atoms with Gasteiger partial charge in [0.2, 0.25) is 5.91 Å². The van der Waals surface area contributed by atoms with E-state index >= 15 is 0 Å². The Bertz CT molecular complexity index is 666. The van der Waals surface area contributed by atoms with Gasteiger partial charge in [-0.2, -0.15) is 0 Å². The normalized spacial score (nSPS) is 13.5. The third-order valence-electron chi connectivity index (χ3n) is 4.10. The van der Waals surface area contributed by atoms with Crippen LogP contribution >= 0.6 is 11.3 Å². The van der Waals surface area contributed by atoms with E-state index in [2.05, 4.69) is 17.4 Å². The van der Waals surface area contributed by atoms with Crippen LogP contribution in [0.2, 0.25) is 0 Å². The van der Waals surface area contributed by atoms with Crippen molar-refractivity contribution >= 4 is 23.2 Å². The summed E-state index contributed by atoms with van der Waals surface area (Å²) in [6.07, 6.45) is 3.36. The van der Waals surface area contributed by atoms with Gasteiger partial charge in [-0.05, 0) is 36.3 Å². The molecule has 4 nitrogen and oxygen atoms in total. The van der Waals surface area contributed by atoms with Gasteiger partial charge in [0.05, 0.1) is 4.88 Å². The highest BCUT2D eigenvalue weighted by Crippen LogP contribution is 2.29. The number of carbonyl (C=O) groups is 2. The van der Waals surface area contributed by atoms with E-state index in [1.165, 1.54) is 16.9 Å². The molecule has 0 saturated heterocycles. The van der Waals surface area contributed by atoms with Gasteiger partial charge in [0.15, 0.2) is 0 Å². The van der Waals surface area contributed by atoms with Gasteiger partial charge in [-0.3, -0.25) is 9.59 Å². The van der Waals surface area contributed by atoms with E-state index in [4.69, 9.17) is 0 Å². The maximum Gasteiger partial charge on any atom is 0.261 e. The molecule has 1 aromatic carbocycles. The number of hydrogen-bond acceptors (Lipinski definition) is 3. The second-order valence-corrected chi connectivity index (χ2v) is 7.02. The molecular formula is C19H22N2O2S. The summed E-state index contributed by atoms with van der Waals surface area (Å²) in [7, 11) is 0. The second kappa shape index (κ2) is 8.11. The zero-order chi connectivity index (χ0) is 16.8. The fraction of sp³-hybridized carbons (Fsp3) is 0.368. The zero-order valence-electron chi connectivity index (χ0n) is 13.6. The Morgan fingerprint density at radius 3 is 2.58 bits per heavy atom. The van der Waals surface area contributed by atoms with Crippen molar-refractivity contribution in [3.05, 3.63) is 58.3 Å². The first kappa shape index (κ1) is 16.7. The number of carbonyl (C=O) groups excluding carboxylic acids is 2. The summed E-state index contributed by atoms with van der Waals surface area (Å²) < 4.78 is 0. The lowest BCUT2D eigenvalue weighted by Gasteiger charge is -2.22. The second-order valence-electron chi connectivity index (χ2n) is 6.08. The van der Waals surface area contributed by atoms with Crippen LogP contribution in [-0.2, 0) is 11.3 Å². The molecule has 0 radical (unpaired) electrons. The van der Waals surface area contributed by atoms with Crippen LogP contribution in [0, 0.1) is 0 Å². The van der Waals surface area contributed by atoms with Crippen LogP contribution in [0.25, 0.3) is 0 Å². The van der Waals surface area contributed by atoms with E-state index in [0.717, 1.165) is 12.8 Å². The van der Waals surface area contributed by atoms with Gasteiger partial charge < -0.3 is 10.2 Å². The van der Waals surface area contributed by atoms with Crippen LogP contribution in [0.4, 0.5) is 0 Å². The maximum atomic E-state index is 12.5. The molecule has 1 fully saturated rings. The first-order chi connectivity index (χ1) is 11.7. The highest BCUT2D eigenvalue weighted by Gasteiger charge is 2.32. The van der Waals surface area contributed by atoms with Crippen LogP contribution in [-0.4, -0.2) is 29.3 Å². The topological polar surface area (TPSA) is 49.4 Å². The van der Waals surface area contributed by atoms with Crippen LogP contribution in [0.5, 0.6) is 0 Å². The lowest BCUT2D eigenvalue weighted by atomic mass is 10.2. The minimum Gasteiger partial charge on any atom is -0.351 e. The van der Waals surface area contributed by atoms with Gasteiger partial charge in [-0.1, -0.05) is 36.4 Å². The van der Waals surface area contributed by atoms with Crippen LogP contribution in [0.15, 0.2) is 47.8 Å². The van der Waals surface area contributed by atoms with E-state index in [-0.39, 0.29) is 11.8 Å². The molecule has 0 spiro atoms. The fourth-order valence-corrected chi connectivity index (χ4v) is 3.31. The number of amides is 2. The first-order valence-electron chi connectivity index (χ1n) is 8.39. The summed E-state index contributed by atoms with van der Waals surface area (Å²) >= 11 is 1.43. The molecule has 1 aliphatic carbocycles. The molecule has 1 heterocycles. The highest BCUT2D eigenvalue weighted by molar-refractivity contribution is 7.12. The van der Waals surface area contributed by atoms with Crippen LogP contribution < -0.4 is 5.32 Å². The lowest BCUT2D eigenvalue weighted by molar-refractivity contribution is -0.132. The van der Waals surface area contributed by atoms with E-state index in [0.29, 0.717) is 36.9 Å². The molecule has 126 valence electrons. The quantitative estimate of drug-likeness (QED) is 0.747. The van der Waals surface area contributed by atoms with Gasteiger partial charge in [-0.25, -0.2) is 0 Å². The van der Waals surface area contributed by atoms with Gasteiger partial charge in [0.25, 0.3) is 5.91 Å². The summed E-state index contributed by atoms with van der Waals surface area (Å²) in [5.74, 6) is 0.132. The molecule has 24 heavy (non-hydrogen) atoms. The van der Waals surface area contributed by atoms with Crippen molar-refractivity contribution in [1.82, 2.24) is 10.2 Å². The molecule has 0 bridgehead atoms. The van der Waals surface area contributed by atoms with Gasteiger partial charge in [0.1, 0.15) is 0 Å². The minimum absolute atomic E-state index is 0.0548. The molecule has 1 N–H and O–H groups in total. The predicted octanol–water partition coefficient (Wildman–Crippen LogP) is 3.45. The Morgan fingerprint density at radius 1 is 1.12 bits per heavy atom. The largest absolute Gasteiger partial charge is 0.351 e. The maximum absolute atomic E-state index is 12.5. The summed E-state index contributed by atoms with van der Waals surface area (Å²) in [5, 5.41) is 4.76. The van der Waals surface area contributed by atoms with Crippen molar-refractivity contribution in [1.29, 1.82) is 0 Å². The van der Waals surface area contributed by atoms with Crippen LogP contribution in [0.3, 0.4) is 0 Å². The number of thiophene rings is 1. The number of nitrogens with one attached hydrogen (secondary N) is 1. The summed E-state index contributed by atoms with van der Waals surface area (Å²) in [6.45, 7) is 1.22. The average Bonchev–Trinajstić information content (AvgIpc) is 3.29. The Balaban J connectivity index is 1.43. The molecule has 0 atom stereocenters. The molecule has 2 amide bonds. The Hall–Kier alpha value is -2.14. The van der Waals surface area contributed by atoms with Gasteiger partial charge >= 0.3 is 0 Å². The van der Waals surface area contributed by atoms with Crippen LogP contribution in [0.1, 0.15) is 40.9 Å². The van der Waals surface area contributed by atoms with Gasteiger partial charge in [0, 0.05) is 25.6 Å². The average molecular weight is 342 g/mol. The number of benzene rings is 1. The molecule has 0 aliphatic heterocycles. The van der Waals surface area contributed by atoms with E-state index < -0.39 is 0 Å². The standard InChI is InChI=1S/C19H22N2O2S/c22-18(9-4-12-20-19(23)17-8-5-13-24-17)21(16-10-11-16)14-15-6-2-1-3-7-15/h1-3,5-8,13,16H,4,9-12,14H2,(H,20,23). The molecule has 1 aliphatic rings. The molecule has 1 saturated carbocycles. The Labute approximate surface area is 146 Å². The van der Waals surface area contributed by atoms with E-state index in [1.807, 2.05) is 34.5 Å². The van der Waals surface area contributed by atoms with Crippen molar-refractivity contribution in [3.8, 4) is 0 Å². The monoisotopic (exact) mass is 342 g/mol. The van der Waals surface area contributed by atoms with Crippen molar-refractivity contribution in [2.24, 2.45) is 0 Å². The summed E-state index contributed by atoms with van der Waals surface area (Å²) in [6, 6.07) is 14.2. The zero-order valence-corrected chi connectivity index (χ0v) is 14.4. The highest BCUT2D eigenvalue weighted by atomic mass is 32.1.